The average Bonchev–Trinajstić information content (AvgIpc) is 2.52. The van der Waals surface area contributed by atoms with Gasteiger partial charge in [-0.3, -0.25) is 4.90 Å². The first kappa shape index (κ1) is 16.6. The summed E-state index contributed by atoms with van der Waals surface area (Å²) in [7, 11) is 1.74. The minimum Gasteiger partial charge on any atom is -0.496 e. The van der Waals surface area contributed by atoms with Gasteiger partial charge in [-0.2, -0.15) is 0 Å². The lowest BCUT2D eigenvalue weighted by Crippen LogP contribution is -2.45. The number of benzene rings is 1. The highest BCUT2D eigenvalue weighted by atomic mass is 35.5. The molecule has 1 fully saturated rings. The first-order valence-corrected chi connectivity index (χ1v) is 8.42. The van der Waals surface area contributed by atoms with Crippen molar-refractivity contribution in [1.29, 1.82) is 0 Å². The minimum atomic E-state index is 0.410. The topological polar surface area (TPSA) is 24.5 Å². The molecule has 1 aromatic rings. The standard InChI is InChI=1S/C17H27ClN2O/c1-3-4-5-6-16(20-11-9-19-10-12-20)15-13-14(18)7-8-17(15)21-2/h7-8,13,16,19H,3-6,9-12H2,1-2H3/t16-/m1/s1. The van der Waals surface area contributed by atoms with Crippen molar-refractivity contribution in [2.45, 2.75) is 38.6 Å². The molecule has 1 heterocycles. The van der Waals surface area contributed by atoms with Crippen LogP contribution in [0.4, 0.5) is 0 Å². The first-order valence-electron chi connectivity index (χ1n) is 8.04. The predicted octanol–water partition coefficient (Wildman–Crippen LogP) is 3.88. The Kier molecular flexibility index (Phi) is 6.81. The highest BCUT2D eigenvalue weighted by Gasteiger charge is 2.24. The maximum atomic E-state index is 6.23. The van der Waals surface area contributed by atoms with Crippen molar-refractivity contribution in [2.75, 3.05) is 33.3 Å². The molecular formula is C17H27ClN2O. The van der Waals surface area contributed by atoms with Gasteiger partial charge in [-0.1, -0.05) is 37.8 Å². The number of hydrogen-bond donors (Lipinski definition) is 1. The molecule has 1 N–H and O–H groups in total. The van der Waals surface area contributed by atoms with Gasteiger partial charge < -0.3 is 10.1 Å². The molecular weight excluding hydrogens is 284 g/mol. The number of ether oxygens (including phenoxy) is 1. The zero-order valence-corrected chi connectivity index (χ0v) is 14.0. The fraction of sp³-hybridized carbons (Fsp3) is 0.647. The average molecular weight is 311 g/mol. The van der Waals surface area contributed by atoms with Crippen LogP contribution in [-0.2, 0) is 0 Å². The van der Waals surface area contributed by atoms with Crippen molar-refractivity contribution < 1.29 is 4.74 Å². The quantitative estimate of drug-likeness (QED) is 0.774. The fourth-order valence-corrected chi connectivity index (χ4v) is 3.26. The Morgan fingerprint density at radius 3 is 2.71 bits per heavy atom. The van der Waals surface area contributed by atoms with Crippen molar-refractivity contribution in [1.82, 2.24) is 10.2 Å². The van der Waals surface area contributed by atoms with Crippen LogP contribution in [0.3, 0.4) is 0 Å². The normalized spacial score (nSPS) is 17.7. The molecule has 0 amide bonds. The molecule has 3 nitrogen and oxygen atoms in total. The van der Waals surface area contributed by atoms with Gasteiger partial charge in [0.25, 0.3) is 0 Å². The molecule has 0 saturated carbocycles. The highest BCUT2D eigenvalue weighted by molar-refractivity contribution is 6.30. The van der Waals surface area contributed by atoms with E-state index in [9.17, 15) is 0 Å². The third-order valence-corrected chi connectivity index (χ3v) is 4.46. The van der Waals surface area contributed by atoms with Crippen molar-refractivity contribution in [2.24, 2.45) is 0 Å². The largest absolute Gasteiger partial charge is 0.496 e. The predicted molar refractivity (Wildman–Crippen MR) is 89.3 cm³/mol. The van der Waals surface area contributed by atoms with Gasteiger partial charge in [0.15, 0.2) is 0 Å². The molecule has 0 bridgehead atoms. The number of halogens is 1. The number of rotatable bonds is 7. The molecule has 0 aliphatic carbocycles. The van der Waals surface area contributed by atoms with E-state index in [1.54, 1.807) is 7.11 Å². The molecule has 1 saturated heterocycles. The number of methoxy groups -OCH3 is 1. The second kappa shape index (κ2) is 8.62. The van der Waals surface area contributed by atoms with Crippen molar-refractivity contribution in [3.05, 3.63) is 28.8 Å². The van der Waals surface area contributed by atoms with E-state index < -0.39 is 0 Å². The Labute approximate surface area is 133 Å². The molecule has 1 aromatic carbocycles. The number of hydrogen-bond acceptors (Lipinski definition) is 3. The molecule has 118 valence electrons. The minimum absolute atomic E-state index is 0.410. The van der Waals surface area contributed by atoms with Gasteiger partial charge in [0.05, 0.1) is 7.11 Å². The summed E-state index contributed by atoms with van der Waals surface area (Å²) in [5.74, 6) is 0.958. The highest BCUT2D eigenvalue weighted by Crippen LogP contribution is 2.35. The van der Waals surface area contributed by atoms with Crippen LogP contribution in [0.5, 0.6) is 5.75 Å². The van der Waals surface area contributed by atoms with Crippen LogP contribution in [0.25, 0.3) is 0 Å². The zero-order chi connectivity index (χ0) is 15.1. The molecule has 4 heteroatoms. The SMILES string of the molecule is CCCCC[C@H](c1cc(Cl)ccc1OC)N1CCNCC1. The summed E-state index contributed by atoms with van der Waals surface area (Å²) in [6.45, 7) is 6.55. The lowest BCUT2D eigenvalue weighted by atomic mass is 9.97. The van der Waals surface area contributed by atoms with Gasteiger partial charge in [0, 0.05) is 42.8 Å². The molecule has 1 aliphatic rings. The first-order chi connectivity index (χ1) is 10.3. The summed E-state index contributed by atoms with van der Waals surface area (Å²) in [5.41, 5.74) is 1.24. The van der Waals surface area contributed by atoms with E-state index in [0.717, 1.165) is 37.0 Å². The molecule has 0 radical (unpaired) electrons. The second-order valence-electron chi connectivity index (χ2n) is 5.68. The Morgan fingerprint density at radius 2 is 2.05 bits per heavy atom. The lowest BCUT2D eigenvalue weighted by molar-refractivity contribution is 0.160. The summed E-state index contributed by atoms with van der Waals surface area (Å²) < 4.78 is 5.58. The maximum absolute atomic E-state index is 6.23. The fourth-order valence-electron chi connectivity index (χ4n) is 3.08. The van der Waals surface area contributed by atoms with E-state index in [4.69, 9.17) is 16.3 Å². The summed E-state index contributed by atoms with van der Waals surface area (Å²) >= 11 is 6.23. The van der Waals surface area contributed by atoms with Crippen molar-refractivity contribution in [3.63, 3.8) is 0 Å². The number of nitrogens with zero attached hydrogens (tertiary/aromatic N) is 1. The van der Waals surface area contributed by atoms with E-state index in [1.807, 2.05) is 12.1 Å². The van der Waals surface area contributed by atoms with Gasteiger partial charge in [0.2, 0.25) is 0 Å². The molecule has 1 atom stereocenters. The van der Waals surface area contributed by atoms with Gasteiger partial charge in [-0.05, 0) is 24.6 Å². The second-order valence-corrected chi connectivity index (χ2v) is 6.12. The van der Waals surface area contributed by atoms with Crippen LogP contribution >= 0.6 is 11.6 Å². The number of unbranched alkanes of at least 4 members (excludes halogenated alkanes) is 2. The summed E-state index contributed by atoms with van der Waals surface area (Å²) in [4.78, 5) is 2.57. The smallest absolute Gasteiger partial charge is 0.123 e. The van der Waals surface area contributed by atoms with Crippen LogP contribution in [0.1, 0.15) is 44.2 Å². The molecule has 21 heavy (non-hydrogen) atoms. The van der Waals surface area contributed by atoms with E-state index in [2.05, 4.69) is 23.2 Å². The van der Waals surface area contributed by atoms with Crippen molar-refractivity contribution in [3.8, 4) is 5.75 Å². The van der Waals surface area contributed by atoms with Gasteiger partial charge in [0.1, 0.15) is 5.75 Å². The summed E-state index contributed by atoms with van der Waals surface area (Å²) in [5, 5.41) is 4.22. The Hall–Kier alpha value is -0.770. The van der Waals surface area contributed by atoms with Crippen LogP contribution in [0.15, 0.2) is 18.2 Å². The third kappa shape index (κ3) is 4.60. The maximum Gasteiger partial charge on any atom is 0.123 e. The number of nitrogens with one attached hydrogen (secondary N) is 1. The molecule has 0 spiro atoms. The summed E-state index contributed by atoms with van der Waals surface area (Å²) in [6.07, 6.45) is 4.96. The summed E-state index contributed by atoms with van der Waals surface area (Å²) in [6, 6.07) is 6.39. The number of piperazine rings is 1. The Morgan fingerprint density at radius 1 is 1.29 bits per heavy atom. The van der Waals surface area contributed by atoms with Crippen LogP contribution in [0, 0.1) is 0 Å². The van der Waals surface area contributed by atoms with E-state index in [1.165, 1.54) is 31.2 Å². The molecule has 2 rings (SSSR count). The van der Waals surface area contributed by atoms with Gasteiger partial charge >= 0.3 is 0 Å². The van der Waals surface area contributed by atoms with Crippen molar-refractivity contribution >= 4 is 11.6 Å². The van der Waals surface area contributed by atoms with Crippen LogP contribution < -0.4 is 10.1 Å². The monoisotopic (exact) mass is 310 g/mol. The third-order valence-electron chi connectivity index (χ3n) is 4.22. The van der Waals surface area contributed by atoms with E-state index in [0.29, 0.717) is 6.04 Å². The van der Waals surface area contributed by atoms with E-state index >= 15 is 0 Å². The van der Waals surface area contributed by atoms with Gasteiger partial charge in [-0.15, -0.1) is 0 Å². The zero-order valence-electron chi connectivity index (χ0n) is 13.2. The molecule has 0 unspecified atom stereocenters. The lowest BCUT2D eigenvalue weighted by Gasteiger charge is -2.36. The van der Waals surface area contributed by atoms with Crippen LogP contribution in [-0.4, -0.2) is 38.2 Å². The molecule has 0 aromatic heterocycles. The van der Waals surface area contributed by atoms with Crippen LogP contribution in [0.2, 0.25) is 5.02 Å². The van der Waals surface area contributed by atoms with Gasteiger partial charge in [-0.25, -0.2) is 0 Å². The van der Waals surface area contributed by atoms with E-state index in [-0.39, 0.29) is 0 Å². The molecule has 1 aliphatic heterocycles. The Balaban J connectivity index is 2.22. The Bertz CT molecular complexity index is 433.